The molecule has 0 saturated carbocycles. The summed E-state index contributed by atoms with van der Waals surface area (Å²) in [6, 6.07) is 11.2. The molecule has 2 aromatic rings. The second-order valence-electron chi connectivity index (χ2n) is 7.04. The standard InChI is InChI=1S/C20H27N3O4S2/c1-3-22-29(25,26)23-12-10-20(11-13-23,18-9-6-14-28-18)15-21-19(24)16-7-4-5-8-17(16)27-2/h4-9,14,22H,3,10-13,15H2,1-2H3,(H,21,24). The lowest BCUT2D eigenvalue weighted by molar-refractivity contribution is 0.0930. The summed E-state index contributed by atoms with van der Waals surface area (Å²) in [7, 11) is -1.91. The Morgan fingerprint density at radius 2 is 1.93 bits per heavy atom. The maximum Gasteiger partial charge on any atom is 0.279 e. The Morgan fingerprint density at radius 1 is 1.21 bits per heavy atom. The second kappa shape index (κ2) is 9.25. The summed E-state index contributed by atoms with van der Waals surface area (Å²) in [4.78, 5) is 13.9. The van der Waals surface area contributed by atoms with Gasteiger partial charge in [-0.1, -0.05) is 25.1 Å². The Kier molecular flexibility index (Phi) is 6.94. The molecule has 0 atom stereocenters. The van der Waals surface area contributed by atoms with E-state index < -0.39 is 10.2 Å². The molecule has 1 fully saturated rings. The third-order valence-corrected chi connectivity index (χ3v) is 8.14. The summed E-state index contributed by atoms with van der Waals surface area (Å²) >= 11 is 1.64. The lowest BCUT2D eigenvalue weighted by Gasteiger charge is -2.40. The number of piperidine rings is 1. The number of benzene rings is 1. The molecule has 0 aliphatic carbocycles. The molecule has 1 saturated heterocycles. The highest BCUT2D eigenvalue weighted by atomic mass is 32.2. The minimum atomic E-state index is -3.45. The van der Waals surface area contributed by atoms with Crippen LogP contribution >= 0.6 is 11.3 Å². The fourth-order valence-corrected chi connectivity index (χ4v) is 5.89. The van der Waals surface area contributed by atoms with E-state index >= 15 is 0 Å². The Balaban J connectivity index is 1.75. The van der Waals surface area contributed by atoms with E-state index in [1.54, 1.807) is 43.6 Å². The van der Waals surface area contributed by atoms with Crippen molar-refractivity contribution in [1.29, 1.82) is 0 Å². The van der Waals surface area contributed by atoms with Crippen LogP contribution in [0.15, 0.2) is 41.8 Å². The molecule has 1 aromatic heterocycles. The van der Waals surface area contributed by atoms with Crippen molar-refractivity contribution in [2.75, 3.05) is 33.3 Å². The predicted molar refractivity (Wildman–Crippen MR) is 115 cm³/mol. The number of ether oxygens (including phenoxy) is 1. The van der Waals surface area contributed by atoms with Gasteiger partial charge in [-0.3, -0.25) is 4.79 Å². The monoisotopic (exact) mass is 437 g/mol. The van der Waals surface area contributed by atoms with E-state index in [0.29, 0.717) is 50.3 Å². The van der Waals surface area contributed by atoms with E-state index in [2.05, 4.69) is 16.1 Å². The van der Waals surface area contributed by atoms with Gasteiger partial charge in [-0.25, -0.2) is 4.72 Å². The van der Waals surface area contributed by atoms with Gasteiger partial charge in [0, 0.05) is 36.5 Å². The van der Waals surface area contributed by atoms with Crippen molar-refractivity contribution in [2.45, 2.75) is 25.2 Å². The minimum Gasteiger partial charge on any atom is -0.496 e. The van der Waals surface area contributed by atoms with Crippen LogP contribution in [0, 0.1) is 0 Å². The molecule has 1 amide bonds. The van der Waals surface area contributed by atoms with E-state index in [9.17, 15) is 13.2 Å². The molecular formula is C20H27N3O4S2. The van der Waals surface area contributed by atoms with Gasteiger partial charge < -0.3 is 10.1 Å². The predicted octanol–water partition coefficient (Wildman–Crippen LogP) is 2.37. The number of methoxy groups -OCH3 is 1. The zero-order valence-corrected chi connectivity index (χ0v) is 18.3. The molecule has 158 valence electrons. The molecule has 1 aromatic carbocycles. The first kappa shape index (κ1) is 21.8. The minimum absolute atomic E-state index is 0.193. The fourth-order valence-electron chi connectivity index (χ4n) is 3.70. The van der Waals surface area contributed by atoms with Crippen molar-refractivity contribution in [3.8, 4) is 5.75 Å². The molecule has 1 aliphatic heterocycles. The average Bonchev–Trinajstić information content (AvgIpc) is 3.28. The van der Waals surface area contributed by atoms with E-state index in [4.69, 9.17) is 4.74 Å². The Bertz CT molecular complexity index is 921. The van der Waals surface area contributed by atoms with Gasteiger partial charge in [0.1, 0.15) is 5.75 Å². The lowest BCUT2D eigenvalue weighted by Crippen LogP contribution is -2.52. The molecule has 2 N–H and O–H groups in total. The van der Waals surface area contributed by atoms with Gasteiger partial charge in [0.15, 0.2) is 0 Å². The van der Waals surface area contributed by atoms with Crippen LogP contribution < -0.4 is 14.8 Å². The van der Waals surface area contributed by atoms with Gasteiger partial charge in [-0.2, -0.15) is 12.7 Å². The van der Waals surface area contributed by atoms with E-state index in [1.165, 1.54) is 9.18 Å². The quantitative estimate of drug-likeness (QED) is 0.664. The van der Waals surface area contributed by atoms with Crippen molar-refractivity contribution in [2.24, 2.45) is 0 Å². The largest absolute Gasteiger partial charge is 0.496 e. The first-order chi connectivity index (χ1) is 13.9. The Morgan fingerprint density at radius 3 is 2.55 bits per heavy atom. The first-order valence-electron chi connectivity index (χ1n) is 9.62. The number of hydrogen-bond acceptors (Lipinski definition) is 5. The van der Waals surface area contributed by atoms with Gasteiger partial charge in [0.05, 0.1) is 12.7 Å². The first-order valence-corrected chi connectivity index (χ1v) is 11.9. The summed E-state index contributed by atoms with van der Waals surface area (Å²) in [6.45, 7) is 3.41. The zero-order valence-electron chi connectivity index (χ0n) is 16.7. The van der Waals surface area contributed by atoms with Crippen molar-refractivity contribution in [3.05, 3.63) is 52.2 Å². The fraction of sp³-hybridized carbons (Fsp3) is 0.450. The molecule has 7 nitrogen and oxygen atoms in total. The lowest BCUT2D eigenvalue weighted by atomic mass is 9.77. The molecule has 9 heteroatoms. The van der Waals surface area contributed by atoms with Crippen molar-refractivity contribution in [1.82, 2.24) is 14.3 Å². The molecule has 0 spiro atoms. The van der Waals surface area contributed by atoms with Crippen LogP contribution in [-0.4, -0.2) is 51.9 Å². The van der Waals surface area contributed by atoms with E-state index in [1.807, 2.05) is 17.5 Å². The number of thiophene rings is 1. The molecular weight excluding hydrogens is 410 g/mol. The number of para-hydroxylation sites is 1. The third-order valence-electron chi connectivity index (χ3n) is 5.33. The summed E-state index contributed by atoms with van der Waals surface area (Å²) < 4.78 is 34.0. The topological polar surface area (TPSA) is 87.7 Å². The summed E-state index contributed by atoms with van der Waals surface area (Å²) in [5.41, 5.74) is 0.202. The average molecular weight is 438 g/mol. The summed E-state index contributed by atoms with van der Waals surface area (Å²) in [5, 5.41) is 5.07. The Labute approximate surface area is 176 Å². The second-order valence-corrected chi connectivity index (χ2v) is 9.75. The Hall–Kier alpha value is -1.94. The van der Waals surface area contributed by atoms with Gasteiger partial charge in [-0.05, 0) is 36.4 Å². The van der Waals surface area contributed by atoms with Crippen LogP contribution in [0.1, 0.15) is 35.0 Å². The van der Waals surface area contributed by atoms with Gasteiger partial charge in [0.25, 0.3) is 16.1 Å². The molecule has 0 bridgehead atoms. The van der Waals surface area contributed by atoms with Crippen molar-refractivity contribution in [3.63, 3.8) is 0 Å². The summed E-state index contributed by atoms with van der Waals surface area (Å²) in [5.74, 6) is 0.336. The highest BCUT2D eigenvalue weighted by Crippen LogP contribution is 2.38. The SMILES string of the molecule is CCNS(=O)(=O)N1CCC(CNC(=O)c2ccccc2OC)(c2cccs2)CC1. The molecule has 3 rings (SSSR count). The highest BCUT2D eigenvalue weighted by Gasteiger charge is 2.40. The molecule has 0 radical (unpaired) electrons. The van der Waals surface area contributed by atoms with Crippen LogP contribution in [0.4, 0.5) is 0 Å². The van der Waals surface area contributed by atoms with Gasteiger partial charge in [-0.15, -0.1) is 11.3 Å². The van der Waals surface area contributed by atoms with Crippen molar-refractivity contribution >= 4 is 27.5 Å². The number of nitrogens with one attached hydrogen (secondary N) is 2. The van der Waals surface area contributed by atoms with E-state index in [0.717, 1.165) is 0 Å². The maximum atomic E-state index is 12.8. The number of rotatable bonds is 8. The van der Waals surface area contributed by atoms with Gasteiger partial charge >= 0.3 is 0 Å². The summed E-state index contributed by atoms with van der Waals surface area (Å²) in [6.07, 6.45) is 1.29. The van der Waals surface area contributed by atoms with Gasteiger partial charge in [0.2, 0.25) is 0 Å². The van der Waals surface area contributed by atoms with Crippen LogP contribution in [0.2, 0.25) is 0 Å². The van der Waals surface area contributed by atoms with Crippen LogP contribution in [0.25, 0.3) is 0 Å². The highest BCUT2D eigenvalue weighted by molar-refractivity contribution is 7.87. The normalized spacial score (nSPS) is 17.0. The zero-order chi connectivity index (χ0) is 20.9. The maximum absolute atomic E-state index is 12.8. The van der Waals surface area contributed by atoms with Crippen LogP contribution in [0.3, 0.4) is 0 Å². The molecule has 2 heterocycles. The van der Waals surface area contributed by atoms with Crippen LogP contribution in [0.5, 0.6) is 5.75 Å². The molecule has 29 heavy (non-hydrogen) atoms. The molecule has 0 unspecified atom stereocenters. The molecule has 1 aliphatic rings. The van der Waals surface area contributed by atoms with E-state index in [-0.39, 0.29) is 11.3 Å². The smallest absolute Gasteiger partial charge is 0.279 e. The number of hydrogen-bond donors (Lipinski definition) is 2. The number of carbonyl (C=O) groups is 1. The van der Waals surface area contributed by atoms with Crippen molar-refractivity contribution < 1.29 is 17.9 Å². The van der Waals surface area contributed by atoms with Crippen LogP contribution in [-0.2, 0) is 15.6 Å². The number of carbonyl (C=O) groups excluding carboxylic acids is 1. The number of amides is 1. The number of nitrogens with zero attached hydrogens (tertiary/aromatic N) is 1. The third kappa shape index (κ3) is 4.80.